The summed E-state index contributed by atoms with van der Waals surface area (Å²) in [5, 5.41) is 3.19. The number of benzene rings is 1. The van der Waals surface area contributed by atoms with Crippen molar-refractivity contribution in [3.63, 3.8) is 0 Å². The van der Waals surface area contributed by atoms with Crippen molar-refractivity contribution in [2.24, 2.45) is 5.73 Å². The molecule has 3 rings (SSSR count). The molecule has 24 heavy (non-hydrogen) atoms. The number of halogens is 1. The molecule has 1 amide bonds. The lowest BCUT2D eigenvalue weighted by molar-refractivity contribution is -0.128. The van der Waals surface area contributed by atoms with Crippen LogP contribution in [0.15, 0.2) is 28.7 Å². The van der Waals surface area contributed by atoms with E-state index in [-0.39, 0.29) is 11.3 Å². The molecule has 0 spiro atoms. The molecule has 2 fully saturated rings. The molecular formula is C19H27BrN2O2. The predicted molar refractivity (Wildman–Crippen MR) is 98.9 cm³/mol. The largest absolute Gasteiger partial charge is 0.381 e. The van der Waals surface area contributed by atoms with Crippen LogP contribution in [-0.4, -0.2) is 31.2 Å². The first-order chi connectivity index (χ1) is 11.5. The molecule has 1 aromatic rings. The number of hydrogen-bond donors (Lipinski definition) is 2. The van der Waals surface area contributed by atoms with Crippen LogP contribution in [0.1, 0.15) is 50.5 Å². The highest BCUT2D eigenvalue weighted by molar-refractivity contribution is 9.10. The molecule has 0 unspecified atom stereocenters. The lowest BCUT2D eigenvalue weighted by Crippen LogP contribution is -2.57. The average Bonchev–Trinajstić information content (AvgIpc) is 2.61. The van der Waals surface area contributed by atoms with Crippen molar-refractivity contribution in [3.8, 4) is 0 Å². The van der Waals surface area contributed by atoms with E-state index in [2.05, 4.69) is 45.5 Å². The molecule has 2 aliphatic rings. The Bertz CT molecular complexity index is 561. The molecule has 0 atom stereocenters. The Hall–Kier alpha value is -0.910. The van der Waals surface area contributed by atoms with Gasteiger partial charge in [0, 0.05) is 29.6 Å². The van der Waals surface area contributed by atoms with E-state index < -0.39 is 5.54 Å². The third-order valence-electron chi connectivity index (χ3n) is 5.69. The maximum Gasteiger partial charge on any atom is 0.240 e. The Morgan fingerprint density at radius 2 is 1.71 bits per heavy atom. The fraction of sp³-hybridized carbons (Fsp3) is 0.632. The minimum atomic E-state index is -0.676. The Kier molecular flexibility index (Phi) is 5.63. The Balaban J connectivity index is 1.73. The molecule has 1 aliphatic carbocycles. The molecule has 3 N–H and O–H groups in total. The summed E-state index contributed by atoms with van der Waals surface area (Å²) in [5.41, 5.74) is 6.91. The van der Waals surface area contributed by atoms with E-state index in [1.165, 1.54) is 12.0 Å². The first kappa shape index (κ1) is 17.9. The summed E-state index contributed by atoms with van der Waals surface area (Å²) < 4.78 is 6.64. The van der Waals surface area contributed by atoms with Gasteiger partial charge in [-0.15, -0.1) is 0 Å². The van der Waals surface area contributed by atoms with Crippen LogP contribution in [0.5, 0.6) is 0 Å². The van der Waals surface area contributed by atoms with Crippen molar-refractivity contribution in [1.82, 2.24) is 5.32 Å². The highest BCUT2D eigenvalue weighted by Crippen LogP contribution is 2.35. The summed E-state index contributed by atoms with van der Waals surface area (Å²) in [4.78, 5) is 12.7. The van der Waals surface area contributed by atoms with E-state index in [1.54, 1.807) is 0 Å². The van der Waals surface area contributed by atoms with E-state index in [0.717, 1.165) is 56.2 Å². The van der Waals surface area contributed by atoms with Crippen LogP contribution in [0.2, 0.25) is 0 Å². The molecule has 1 aromatic carbocycles. The minimum Gasteiger partial charge on any atom is -0.381 e. The van der Waals surface area contributed by atoms with Gasteiger partial charge < -0.3 is 15.8 Å². The summed E-state index contributed by atoms with van der Waals surface area (Å²) >= 11 is 3.50. The van der Waals surface area contributed by atoms with Gasteiger partial charge >= 0.3 is 0 Å². The number of nitrogens with two attached hydrogens (primary N) is 1. The predicted octanol–water partition coefficient (Wildman–Crippen LogP) is 3.28. The minimum absolute atomic E-state index is 0.0187. The SMILES string of the molecule is NC1(C(=O)NCC2(c3ccc(Br)cc3)CCOCC2)CCCCC1. The number of nitrogens with one attached hydrogen (secondary N) is 1. The normalized spacial score (nSPS) is 22.8. The zero-order chi connectivity index (χ0) is 17.0. The van der Waals surface area contributed by atoms with Crippen molar-refractivity contribution < 1.29 is 9.53 Å². The fourth-order valence-corrected chi connectivity index (χ4v) is 4.23. The zero-order valence-electron chi connectivity index (χ0n) is 14.2. The standard InChI is InChI=1S/C19H27BrN2O2/c20-16-6-4-15(5-7-16)18(10-12-24-13-11-18)14-22-17(23)19(21)8-2-1-3-9-19/h4-7H,1-3,8-14,21H2,(H,22,23). The van der Waals surface area contributed by atoms with Crippen LogP contribution in [-0.2, 0) is 14.9 Å². The Morgan fingerprint density at radius 3 is 2.33 bits per heavy atom. The van der Waals surface area contributed by atoms with Gasteiger partial charge in [-0.05, 0) is 43.4 Å². The Labute approximate surface area is 152 Å². The van der Waals surface area contributed by atoms with Gasteiger partial charge in [-0.1, -0.05) is 47.3 Å². The topological polar surface area (TPSA) is 64.4 Å². The van der Waals surface area contributed by atoms with Gasteiger partial charge in [0.05, 0.1) is 5.54 Å². The van der Waals surface area contributed by atoms with E-state index in [9.17, 15) is 4.79 Å². The number of carbonyl (C=O) groups is 1. The Morgan fingerprint density at radius 1 is 1.08 bits per heavy atom. The third-order valence-corrected chi connectivity index (χ3v) is 6.22. The molecular weight excluding hydrogens is 368 g/mol. The highest BCUT2D eigenvalue weighted by Gasteiger charge is 2.39. The maximum atomic E-state index is 12.7. The molecule has 1 saturated heterocycles. The van der Waals surface area contributed by atoms with Gasteiger partial charge in [-0.25, -0.2) is 0 Å². The van der Waals surface area contributed by atoms with Crippen LogP contribution < -0.4 is 11.1 Å². The van der Waals surface area contributed by atoms with Crippen LogP contribution in [0.4, 0.5) is 0 Å². The maximum absolute atomic E-state index is 12.7. The zero-order valence-corrected chi connectivity index (χ0v) is 15.7. The number of hydrogen-bond acceptors (Lipinski definition) is 3. The van der Waals surface area contributed by atoms with Gasteiger partial charge in [0.1, 0.15) is 0 Å². The third kappa shape index (κ3) is 3.84. The molecule has 5 heteroatoms. The number of carbonyl (C=O) groups excluding carboxylic acids is 1. The monoisotopic (exact) mass is 394 g/mol. The van der Waals surface area contributed by atoms with Gasteiger partial charge in [0.15, 0.2) is 0 Å². The lowest BCUT2D eigenvalue weighted by atomic mass is 9.73. The fourth-order valence-electron chi connectivity index (χ4n) is 3.97. The van der Waals surface area contributed by atoms with E-state index in [4.69, 9.17) is 10.5 Å². The summed E-state index contributed by atoms with van der Waals surface area (Å²) in [6.07, 6.45) is 6.73. The number of amides is 1. The average molecular weight is 395 g/mol. The molecule has 1 aliphatic heterocycles. The highest BCUT2D eigenvalue weighted by atomic mass is 79.9. The molecule has 0 bridgehead atoms. The first-order valence-corrected chi connectivity index (χ1v) is 9.74. The second-order valence-corrected chi connectivity index (χ2v) is 8.21. The van der Waals surface area contributed by atoms with Crippen molar-refractivity contribution in [3.05, 3.63) is 34.3 Å². The van der Waals surface area contributed by atoms with E-state index in [0.29, 0.717) is 6.54 Å². The van der Waals surface area contributed by atoms with Gasteiger partial charge in [0.2, 0.25) is 5.91 Å². The van der Waals surface area contributed by atoms with Crippen LogP contribution in [0, 0.1) is 0 Å². The second kappa shape index (κ2) is 7.54. The molecule has 1 saturated carbocycles. The van der Waals surface area contributed by atoms with Gasteiger partial charge in [-0.3, -0.25) is 4.79 Å². The van der Waals surface area contributed by atoms with Crippen molar-refractivity contribution in [2.45, 2.75) is 55.9 Å². The quantitative estimate of drug-likeness (QED) is 0.823. The molecule has 0 radical (unpaired) electrons. The van der Waals surface area contributed by atoms with E-state index in [1.807, 2.05) is 0 Å². The van der Waals surface area contributed by atoms with Crippen LogP contribution in [0.25, 0.3) is 0 Å². The van der Waals surface area contributed by atoms with Crippen molar-refractivity contribution in [2.75, 3.05) is 19.8 Å². The lowest BCUT2D eigenvalue weighted by Gasteiger charge is -2.39. The number of ether oxygens (including phenoxy) is 1. The summed E-state index contributed by atoms with van der Waals surface area (Å²) in [6.45, 7) is 2.11. The van der Waals surface area contributed by atoms with Gasteiger partial charge in [-0.2, -0.15) is 0 Å². The molecule has 4 nitrogen and oxygen atoms in total. The molecule has 132 valence electrons. The van der Waals surface area contributed by atoms with Crippen LogP contribution >= 0.6 is 15.9 Å². The summed E-state index contributed by atoms with van der Waals surface area (Å²) in [6, 6.07) is 8.45. The van der Waals surface area contributed by atoms with Crippen molar-refractivity contribution in [1.29, 1.82) is 0 Å². The molecule has 1 heterocycles. The van der Waals surface area contributed by atoms with E-state index >= 15 is 0 Å². The smallest absolute Gasteiger partial charge is 0.240 e. The number of rotatable bonds is 4. The first-order valence-electron chi connectivity index (χ1n) is 8.95. The van der Waals surface area contributed by atoms with Gasteiger partial charge in [0.25, 0.3) is 0 Å². The van der Waals surface area contributed by atoms with Crippen LogP contribution in [0.3, 0.4) is 0 Å². The second-order valence-electron chi connectivity index (χ2n) is 7.30. The summed E-state index contributed by atoms with van der Waals surface area (Å²) in [7, 11) is 0. The molecule has 0 aromatic heterocycles. The van der Waals surface area contributed by atoms with Crippen molar-refractivity contribution >= 4 is 21.8 Å². The summed E-state index contributed by atoms with van der Waals surface area (Å²) in [5.74, 6) is 0.0187.